The second kappa shape index (κ2) is 5.23. The largest absolute Gasteiger partial charge is 0.265 e. The van der Waals surface area contributed by atoms with Gasteiger partial charge in [0.05, 0.1) is 5.38 Å². The van der Waals surface area contributed by atoms with E-state index in [1.54, 1.807) is 24.5 Å². The molecule has 2 rings (SSSR count). The first-order chi connectivity index (χ1) is 8.18. The zero-order chi connectivity index (χ0) is 12.3. The monoisotopic (exact) mass is 253 g/mol. The fourth-order valence-corrected chi connectivity index (χ4v) is 1.90. The van der Waals surface area contributed by atoms with E-state index < -0.39 is 17.0 Å². The van der Waals surface area contributed by atoms with Crippen molar-refractivity contribution in [2.24, 2.45) is 0 Å². The first kappa shape index (κ1) is 12.0. The van der Waals surface area contributed by atoms with Crippen molar-refractivity contribution in [1.29, 1.82) is 0 Å². The molecule has 0 bridgehead atoms. The number of aromatic nitrogens is 1. The van der Waals surface area contributed by atoms with Crippen molar-refractivity contribution in [3.8, 4) is 0 Å². The predicted molar refractivity (Wildman–Crippen MR) is 62.9 cm³/mol. The molecule has 1 unspecified atom stereocenters. The van der Waals surface area contributed by atoms with E-state index in [-0.39, 0.29) is 12.0 Å². The molecule has 0 N–H and O–H groups in total. The van der Waals surface area contributed by atoms with Crippen LogP contribution in [0.25, 0.3) is 0 Å². The number of halogens is 3. The molecule has 4 heteroatoms. The molecule has 88 valence electrons. The van der Waals surface area contributed by atoms with Gasteiger partial charge in [0.1, 0.15) is 0 Å². The molecule has 1 atom stereocenters. The molecule has 1 nitrogen and oxygen atoms in total. The molecule has 0 aliphatic carbocycles. The summed E-state index contributed by atoms with van der Waals surface area (Å²) in [5.74, 6) is -1.67. The van der Waals surface area contributed by atoms with Crippen LogP contribution in [0.1, 0.15) is 16.5 Å². The lowest BCUT2D eigenvalue weighted by Gasteiger charge is -2.10. The predicted octanol–water partition coefficient (Wildman–Crippen LogP) is 3.88. The summed E-state index contributed by atoms with van der Waals surface area (Å²) in [4.78, 5) is 3.87. The maximum absolute atomic E-state index is 13.4. The van der Waals surface area contributed by atoms with Gasteiger partial charge < -0.3 is 0 Å². The molecule has 0 radical (unpaired) electrons. The first-order valence-corrected chi connectivity index (χ1v) is 5.59. The van der Waals surface area contributed by atoms with Crippen LogP contribution in [-0.4, -0.2) is 4.98 Å². The van der Waals surface area contributed by atoms with Crippen molar-refractivity contribution in [1.82, 2.24) is 4.98 Å². The number of rotatable bonds is 3. The summed E-state index contributed by atoms with van der Waals surface area (Å²) in [5, 5.41) is -0.394. The Balaban J connectivity index is 2.19. The number of hydrogen-bond acceptors (Lipinski definition) is 1. The lowest BCUT2D eigenvalue weighted by Crippen LogP contribution is -2.00. The van der Waals surface area contributed by atoms with Crippen molar-refractivity contribution in [2.45, 2.75) is 11.8 Å². The van der Waals surface area contributed by atoms with Gasteiger partial charge in [0.25, 0.3) is 0 Å². The van der Waals surface area contributed by atoms with Crippen LogP contribution in [0.2, 0.25) is 0 Å². The summed E-state index contributed by atoms with van der Waals surface area (Å²) in [5.41, 5.74) is 1.12. The van der Waals surface area contributed by atoms with Gasteiger partial charge in [-0.1, -0.05) is 12.1 Å². The van der Waals surface area contributed by atoms with Gasteiger partial charge in [-0.2, -0.15) is 0 Å². The van der Waals surface area contributed by atoms with Gasteiger partial charge in [-0.05, 0) is 35.7 Å². The minimum atomic E-state index is -0.846. The molecule has 2 aromatic rings. The topological polar surface area (TPSA) is 12.9 Å². The van der Waals surface area contributed by atoms with E-state index in [0.29, 0.717) is 0 Å². The van der Waals surface area contributed by atoms with Crippen LogP contribution >= 0.6 is 11.6 Å². The highest BCUT2D eigenvalue weighted by Crippen LogP contribution is 2.26. The maximum Gasteiger partial charge on any atom is 0.162 e. The smallest absolute Gasteiger partial charge is 0.162 e. The molecule has 0 saturated heterocycles. The van der Waals surface area contributed by atoms with E-state index in [1.807, 2.05) is 0 Å². The molecule has 0 aliphatic rings. The average molecular weight is 254 g/mol. The van der Waals surface area contributed by atoms with Gasteiger partial charge in [-0.3, -0.25) is 4.98 Å². The summed E-state index contributed by atoms with van der Waals surface area (Å²) < 4.78 is 26.4. The van der Waals surface area contributed by atoms with E-state index in [2.05, 4.69) is 4.98 Å². The van der Waals surface area contributed by atoms with Gasteiger partial charge in [0.15, 0.2) is 11.6 Å². The third kappa shape index (κ3) is 2.80. The fraction of sp³-hybridized carbons (Fsp3) is 0.154. The normalized spacial score (nSPS) is 12.4. The lowest BCUT2D eigenvalue weighted by molar-refractivity contribution is 0.498. The Hall–Kier alpha value is -1.48. The zero-order valence-corrected chi connectivity index (χ0v) is 9.66. The molecule has 0 spiro atoms. The van der Waals surface area contributed by atoms with Crippen LogP contribution in [0.4, 0.5) is 8.78 Å². The summed E-state index contributed by atoms with van der Waals surface area (Å²) in [6.07, 6.45) is 3.48. The highest BCUT2D eigenvalue weighted by Gasteiger charge is 2.13. The van der Waals surface area contributed by atoms with E-state index >= 15 is 0 Å². The molecule has 1 aromatic carbocycles. The van der Waals surface area contributed by atoms with Crippen LogP contribution in [0.3, 0.4) is 0 Å². The van der Waals surface area contributed by atoms with E-state index in [9.17, 15) is 8.78 Å². The van der Waals surface area contributed by atoms with Crippen molar-refractivity contribution >= 4 is 11.6 Å². The van der Waals surface area contributed by atoms with Gasteiger partial charge in [0.2, 0.25) is 0 Å². The van der Waals surface area contributed by atoms with Crippen molar-refractivity contribution in [2.75, 3.05) is 0 Å². The molecule has 17 heavy (non-hydrogen) atoms. The Labute approximate surface area is 103 Å². The first-order valence-electron chi connectivity index (χ1n) is 5.15. The van der Waals surface area contributed by atoms with Gasteiger partial charge >= 0.3 is 0 Å². The Kier molecular flexibility index (Phi) is 3.69. The van der Waals surface area contributed by atoms with E-state index in [4.69, 9.17) is 11.6 Å². The SMILES string of the molecule is Fc1cccc(CC(Cl)c2ccncc2)c1F. The highest BCUT2D eigenvalue weighted by atomic mass is 35.5. The number of pyridine rings is 1. The molecule has 0 amide bonds. The number of nitrogens with zero attached hydrogens (tertiary/aromatic N) is 1. The minimum absolute atomic E-state index is 0.245. The highest BCUT2D eigenvalue weighted by molar-refractivity contribution is 6.20. The summed E-state index contributed by atoms with van der Waals surface area (Å²) in [6, 6.07) is 7.62. The molecule has 1 heterocycles. The lowest BCUT2D eigenvalue weighted by atomic mass is 10.0. The third-order valence-electron chi connectivity index (χ3n) is 2.50. The van der Waals surface area contributed by atoms with Crippen LogP contribution in [0.5, 0.6) is 0 Å². The second-order valence-corrected chi connectivity index (χ2v) is 4.19. The standard InChI is InChI=1S/C13H10ClF2N/c14-11(9-4-6-17-7-5-9)8-10-2-1-3-12(15)13(10)16/h1-7,11H,8H2. The van der Waals surface area contributed by atoms with Crippen LogP contribution in [-0.2, 0) is 6.42 Å². The Bertz CT molecular complexity index is 502. The van der Waals surface area contributed by atoms with Gasteiger partial charge in [-0.15, -0.1) is 11.6 Å². The van der Waals surface area contributed by atoms with E-state index in [1.165, 1.54) is 12.1 Å². The molecule has 0 fully saturated rings. The second-order valence-electron chi connectivity index (χ2n) is 3.67. The molecule has 1 aromatic heterocycles. The van der Waals surface area contributed by atoms with E-state index in [0.717, 1.165) is 11.6 Å². The van der Waals surface area contributed by atoms with Crippen LogP contribution in [0.15, 0.2) is 42.7 Å². The minimum Gasteiger partial charge on any atom is -0.265 e. The Morgan fingerprint density at radius 3 is 2.53 bits per heavy atom. The van der Waals surface area contributed by atoms with Gasteiger partial charge in [-0.25, -0.2) is 8.78 Å². The quantitative estimate of drug-likeness (QED) is 0.757. The van der Waals surface area contributed by atoms with Crippen molar-refractivity contribution in [3.63, 3.8) is 0 Å². The Morgan fingerprint density at radius 2 is 1.82 bits per heavy atom. The summed E-state index contributed by atoms with van der Waals surface area (Å²) in [7, 11) is 0. The molecular weight excluding hydrogens is 244 g/mol. The summed E-state index contributed by atoms with van der Waals surface area (Å²) >= 11 is 6.15. The molecular formula is C13H10ClF2N. The molecule has 0 saturated carbocycles. The fourth-order valence-electron chi connectivity index (χ4n) is 1.59. The van der Waals surface area contributed by atoms with Crippen molar-refractivity contribution in [3.05, 3.63) is 65.5 Å². The van der Waals surface area contributed by atoms with Crippen LogP contribution < -0.4 is 0 Å². The van der Waals surface area contributed by atoms with Crippen LogP contribution in [0, 0.1) is 11.6 Å². The average Bonchev–Trinajstić information content (AvgIpc) is 2.36. The maximum atomic E-state index is 13.4. The summed E-state index contributed by atoms with van der Waals surface area (Å²) in [6.45, 7) is 0. The number of alkyl halides is 1. The number of hydrogen-bond donors (Lipinski definition) is 0. The van der Waals surface area contributed by atoms with Gasteiger partial charge in [0, 0.05) is 12.4 Å². The molecule has 0 aliphatic heterocycles. The van der Waals surface area contributed by atoms with Crippen molar-refractivity contribution < 1.29 is 8.78 Å². The third-order valence-corrected chi connectivity index (χ3v) is 2.90. The Morgan fingerprint density at radius 1 is 1.12 bits per heavy atom. The number of benzene rings is 1. The zero-order valence-electron chi connectivity index (χ0n) is 8.91.